The first-order valence-electron chi connectivity index (χ1n) is 4.72. The van der Waals surface area contributed by atoms with Crippen LogP contribution >= 0.6 is 11.9 Å². The molecule has 0 amide bonds. The highest BCUT2D eigenvalue weighted by Crippen LogP contribution is 2.12. The SMILES string of the molecule is CC(C)(C)NCc1ccc(SN)cc1. The average Bonchev–Trinajstić information content (AvgIpc) is 2.14. The molecular formula is C11H18N2S. The van der Waals surface area contributed by atoms with E-state index >= 15 is 0 Å². The van der Waals surface area contributed by atoms with E-state index in [4.69, 9.17) is 5.14 Å². The van der Waals surface area contributed by atoms with E-state index < -0.39 is 0 Å². The van der Waals surface area contributed by atoms with Crippen molar-refractivity contribution in [2.45, 2.75) is 37.8 Å². The standard InChI is InChI=1S/C11H18N2S/c1-11(2,3)13-8-9-4-6-10(14-12)7-5-9/h4-7,13H,8,12H2,1-3H3. The minimum absolute atomic E-state index is 0.168. The Morgan fingerprint density at radius 1 is 1.21 bits per heavy atom. The van der Waals surface area contributed by atoms with Gasteiger partial charge in [-0.3, -0.25) is 5.14 Å². The molecule has 0 aromatic heterocycles. The fourth-order valence-corrected chi connectivity index (χ4v) is 1.35. The van der Waals surface area contributed by atoms with Gasteiger partial charge in [-0.2, -0.15) is 0 Å². The van der Waals surface area contributed by atoms with Crippen molar-refractivity contribution in [1.82, 2.24) is 5.32 Å². The lowest BCUT2D eigenvalue weighted by molar-refractivity contribution is 0.424. The molecule has 3 N–H and O–H groups in total. The summed E-state index contributed by atoms with van der Waals surface area (Å²) in [5.41, 5.74) is 1.46. The molecule has 0 aliphatic rings. The second-order valence-electron chi connectivity index (χ2n) is 4.37. The van der Waals surface area contributed by atoms with Crippen molar-refractivity contribution in [2.75, 3.05) is 0 Å². The van der Waals surface area contributed by atoms with Crippen LogP contribution in [0.4, 0.5) is 0 Å². The fourth-order valence-electron chi connectivity index (χ4n) is 1.05. The van der Waals surface area contributed by atoms with Gasteiger partial charge >= 0.3 is 0 Å². The average molecular weight is 210 g/mol. The van der Waals surface area contributed by atoms with Crippen molar-refractivity contribution < 1.29 is 0 Å². The smallest absolute Gasteiger partial charge is 0.0226 e. The van der Waals surface area contributed by atoms with Gasteiger partial charge in [0.2, 0.25) is 0 Å². The van der Waals surface area contributed by atoms with Crippen LogP contribution in [-0.2, 0) is 6.54 Å². The summed E-state index contributed by atoms with van der Waals surface area (Å²) >= 11 is 1.28. The van der Waals surface area contributed by atoms with E-state index in [1.165, 1.54) is 17.5 Å². The maximum Gasteiger partial charge on any atom is 0.0226 e. The quantitative estimate of drug-likeness (QED) is 0.753. The van der Waals surface area contributed by atoms with Gasteiger partial charge < -0.3 is 5.32 Å². The third-order valence-electron chi connectivity index (χ3n) is 1.88. The van der Waals surface area contributed by atoms with E-state index in [0.29, 0.717) is 0 Å². The van der Waals surface area contributed by atoms with E-state index in [1.54, 1.807) is 0 Å². The van der Waals surface area contributed by atoms with Crippen LogP contribution in [0.3, 0.4) is 0 Å². The highest BCUT2D eigenvalue weighted by molar-refractivity contribution is 7.97. The normalized spacial score (nSPS) is 11.7. The van der Waals surface area contributed by atoms with Crippen LogP contribution in [0.15, 0.2) is 29.2 Å². The molecule has 3 heteroatoms. The van der Waals surface area contributed by atoms with Crippen LogP contribution in [0.5, 0.6) is 0 Å². The predicted molar refractivity (Wildman–Crippen MR) is 63.1 cm³/mol. The lowest BCUT2D eigenvalue weighted by atomic mass is 10.1. The van der Waals surface area contributed by atoms with Gasteiger partial charge in [0.25, 0.3) is 0 Å². The van der Waals surface area contributed by atoms with E-state index in [0.717, 1.165) is 11.4 Å². The van der Waals surface area contributed by atoms with E-state index in [9.17, 15) is 0 Å². The minimum atomic E-state index is 0.168. The van der Waals surface area contributed by atoms with E-state index in [-0.39, 0.29) is 5.54 Å². The van der Waals surface area contributed by atoms with Gasteiger partial charge in [-0.15, -0.1) is 0 Å². The summed E-state index contributed by atoms with van der Waals surface area (Å²) in [4.78, 5) is 1.10. The predicted octanol–water partition coefficient (Wildman–Crippen LogP) is 2.54. The summed E-state index contributed by atoms with van der Waals surface area (Å²) in [7, 11) is 0. The maximum absolute atomic E-state index is 5.44. The lowest BCUT2D eigenvalue weighted by Crippen LogP contribution is -2.35. The fraction of sp³-hybridized carbons (Fsp3) is 0.455. The third-order valence-corrected chi connectivity index (χ3v) is 2.43. The van der Waals surface area contributed by atoms with Gasteiger partial charge in [0.05, 0.1) is 0 Å². The van der Waals surface area contributed by atoms with Crippen molar-refractivity contribution >= 4 is 11.9 Å². The molecule has 1 aromatic carbocycles. The Labute approximate surface area is 90.4 Å². The molecule has 1 aromatic rings. The van der Waals surface area contributed by atoms with Crippen LogP contribution in [0.2, 0.25) is 0 Å². The van der Waals surface area contributed by atoms with Gasteiger partial charge in [-0.1, -0.05) is 12.1 Å². The van der Waals surface area contributed by atoms with E-state index in [1.807, 2.05) is 12.1 Å². The molecule has 14 heavy (non-hydrogen) atoms. The monoisotopic (exact) mass is 210 g/mol. The second-order valence-corrected chi connectivity index (χ2v) is 5.07. The Kier molecular flexibility index (Phi) is 3.98. The first-order valence-corrected chi connectivity index (χ1v) is 5.60. The van der Waals surface area contributed by atoms with E-state index in [2.05, 4.69) is 38.2 Å². The van der Waals surface area contributed by atoms with Gasteiger partial charge in [0.15, 0.2) is 0 Å². The maximum atomic E-state index is 5.44. The molecule has 0 radical (unpaired) electrons. The summed E-state index contributed by atoms with van der Waals surface area (Å²) in [6.07, 6.45) is 0. The molecule has 0 aliphatic heterocycles. The molecule has 0 bridgehead atoms. The molecular weight excluding hydrogens is 192 g/mol. The van der Waals surface area contributed by atoms with Gasteiger partial charge in [0, 0.05) is 17.0 Å². The molecule has 0 atom stereocenters. The zero-order valence-corrected chi connectivity index (χ0v) is 9.82. The van der Waals surface area contributed by atoms with Gasteiger partial charge in [-0.25, -0.2) is 0 Å². The van der Waals surface area contributed by atoms with Crippen LogP contribution < -0.4 is 10.5 Å². The minimum Gasteiger partial charge on any atom is -0.308 e. The summed E-state index contributed by atoms with van der Waals surface area (Å²) < 4.78 is 0. The summed E-state index contributed by atoms with van der Waals surface area (Å²) in [6, 6.07) is 8.30. The Morgan fingerprint density at radius 3 is 2.21 bits per heavy atom. The van der Waals surface area contributed by atoms with Crippen LogP contribution in [0, 0.1) is 0 Å². The molecule has 0 saturated heterocycles. The molecule has 2 nitrogen and oxygen atoms in total. The zero-order chi connectivity index (χ0) is 10.6. The number of nitrogens with one attached hydrogen (secondary N) is 1. The molecule has 0 saturated carbocycles. The Hall–Kier alpha value is -0.510. The number of rotatable bonds is 3. The Balaban J connectivity index is 2.52. The topological polar surface area (TPSA) is 38.0 Å². The first-order chi connectivity index (χ1) is 6.51. The lowest BCUT2D eigenvalue weighted by Gasteiger charge is -2.20. The Morgan fingerprint density at radius 2 is 1.79 bits per heavy atom. The molecule has 1 rings (SSSR count). The van der Waals surface area contributed by atoms with Crippen molar-refractivity contribution in [3.63, 3.8) is 0 Å². The summed E-state index contributed by atoms with van der Waals surface area (Å²) in [6.45, 7) is 7.39. The largest absolute Gasteiger partial charge is 0.308 e. The van der Waals surface area contributed by atoms with Crippen molar-refractivity contribution in [2.24, 2.45) is 5.14 Å². The summed E-state index contributed by atoms with van der Waals surface area (Å²) in [5.74, 6) is 0. The number of hydrogen-bond donors (Lipinski definition) is 2. The molecule has 0 spiro atoms. The molecule has 0 fully saturated rings. The highest BCUT2D eigenvalue weighted by atomic mass is 32.2. The number of hydrogen-bond acceptors (Lipinski definition) is 3. The molecule has 78 valence electrons. The zero-order valence-electron chi connectivity index (χ0n) is 9.00. The van der Waals surface area contributed by atoms with Crippen LogP contribution in [0.1, 0.15) is 26.3 Å². The number of benzene rings is 1. The Bertz CT molecular complexity index is 274. The van der Waals surface area contributed by atoms with Crippen molar-refractivity contribution in [3.8, 4) is 0 Å². The second kappa shape index (κ2) is 4.82. The molecule has 0 unspecified atom stereocenters. The number of nitrogens with two attached hydrogens (primary N) is 1. The highest BCUT2D eigenvalue weighted by Gasteiger charge is 2.07. The van der Waals surface area contributed by atoms with Crippen molar-refractivity contribution in [3.05, 3.63) is 29.8 Å². The van der Waals surface area contributed by atoms with Gasteiger partial charge in [0.1, 0.15) is 0 Å². The van der Waals surface area contributed by atoms with Gasteiger partial charge in [-0.05, 0) is 50.4 Å². The van der Waals surface area contributed by atoms with Crippen LogP contribution in [-0.4, -0.2) is 5.54 Å². The van der Waals surface area contributed by atoms with Crippen molar-refractivity contribution in [1.29, 1.82) is 0 Å². The summed E-state index contributed by atoms with van der Waals surface area (Å²) in [5, 5.41) is 8.88. The van der Waals surface area contributed by atoms with Crippen LogP contribution in [0.25, 0.3) is 0 Å². The third kappa shape index (κ3) is 4.13. The molecule has 0 heterocycles. The first kappa shape index (κ1) is 11.6. The molecule has 0 aliphatic carbocycles.